The van der Waals surface area contributed by atoms with Gasteiger partial charge in [0.2, 0.25) is 15.9 Å². The van der Waals surface area contributed by atoms with Crippen LogP contribution in [0.1, 0.15) is 12.1 Å². The Morgan fingerprint density at radius 1 is 1.27 bits per heavy atom. The van der Waals surface area contributed by atoms with Crippen LogP contribution in [0.2, 0.25) is 0 Å². The minimum absolute atomic E-state index is 0.0792. The van der Waals surface area contributed by atoms with Crippen molar-refractivity contribution in [2.75, 3.05) is 6.54 Å². The van der Waals surface area contributed by atoms with Gasteiger partial charge in [-0.25, -0.2) is 21.6 Å². The Morgan fingerprint density at radius 3 is 2.57 bits per heavy atom. The highest BCUT2D eigenvalue weighted by Gasteiger charge is 2.44. The van der Waals surface area contributed by atoms with Crippen molar-refractivity contribution >= 4 is 28.5 Å². The minimum atomic E-state index is -4.25. The molecule has 0 bridgehead atoms. The van der Waals surface area contributed by atoms with Crippen LogP contribution in [0.15, 0.2) is 41.4 Å². The predicted octanol–water partition coefficient (Wildman–Crippen LogP) is -0.543. The lowest BCUT2D eigenvalue weighted by Crippen LogP contribution is -2.45. The Bertz CT molecular complexity index is 1040. The minimum Gasteiger partial charge on any atom is -0.423 e. The highest BCUT2D eigenvalue weighted by atomic mass is 32.2. The van der Waals surface area contributed by atoms with Gasteiger partial charge >= 0.3 is 7.12 Å². The summed E-state index contributed by atoms with van der Waals surface area (Å²) in [4.78, 5) is 16.0. The number of amides is 1. The van der Waals surface area contributed by atoms with Crippen molar-refractivity contribution in [1.29, 1.82) is 0 Å². The van der Waals surface area contributed by atoms with Crippen molar-refractivity contribution < 1.29 is 36.4 Å². The fourth-order valence-electron chi connectivity index (χ4n) is 3.09. The standard InChI is InChI=1S/C17H17BF3N3O5S/c19-10-1-3-13(4-2-10)30(28,29)24-9-11(20)5-16(24)17(25)23-7-12-6-14(18(26)27)15(21)8-22-12/h1-4,6,8,11,16,26-27H,5,7,9H2,(H,23,25)/t11-,16+/m1/s1. The smallest absolute Gasteiger partial charge is 0.423 e. The average Bonchev–Trinajstić information content (AvgIpc) is 3.10. The Kier molecular flexibility index (Phi) is 6.46. The second-order valence-corrected chi connectivity index (χ2v) is 8.56. The monoisotopic (exact) mass is 443 g/mol. The molecule has 1 aromatic heterocycles. The zero-order valence-corrected chi connectivity index (χ0v) is 16.2. The number of nitrogens with zero attached hydrogens (tertiary/aromatic N) is 2. The summed E-state index contributed by atoms with van der Waals surface area (Å²) in [6, 6.07) is 3.61. The van der Waals surface area contributed by atoms with E-state index >= 15 is 0 Å². The van der Waals surface area contributed by atoms with E-state index in [0.29, 0.717) is 4.31 Å². The topological polar surface area (TPSA) is 120 Å². The van der Waals surface area contributed by atoms with E-state index in [1.54, 1.807) is 0 Å². The number of sulfonamides is 1. The predicted molar refractivity (Wildman–Crippen MR) is 99.5 cm³/mol. The zero-order valence-electron chi connectivity index (χ0n) is 15.4. The average molecular weight is 443 g/mol. The molecule has 3 N–H and O–H groups in total. The van der Waals surface area contributed by atoms with Crippen LogP contribution < -0.4 is 10.8 Å². The van der Waals surface area contributed by atoms with E-state index in [1.165, 1.54) is 0 Å². The molecular formula is C17H17BF3N3O5S. The van der Waals surface area contributed by atoms with E-state index in [2.05, 4.69) is 10.3 Å². The largest absolute Gasteiger partial charge is 0.491 e. The van der Waals surface area contributed by atoms with E-state index in [0.717, 1.165) is 36.5 Å². The molecule has 1 saturated heterocycles. The van der Waals surface area contributed by atoms with Gasteiger partial charge in [0.15, 0.2) is 0 Å². The van der Waals surface area contributed by atoms with Crippen molar-refractivity contribution in [2.45, 2.75) is 30.1 Å². The molecule has 2 heterocycles. The normalized spacial score (nSPS) is 19.6. The molecule has 2 atom stereocenters. The number of carbonyl (C=O) groups is 1. The molecule has 0 aliphatic carbocycles. The summed E-state index contributed by atoms with van der Waals surface area (Å²) in [7, 11) is -6.34. The molecule has 160 valence electrons. The van der Waals surface area contributed by atoms with Crippen LogP contribution in [0.3, 0.4) is 0 Å². The van der Waals surface area contributed by atoms with Crippen LogP contribution in [0.25, 0.3) is 0 Å². The molecule has 1 aliphatic rings. The quantitative estimate of drug-likeness (QED) is 0.516. The molecule has 13 heteroatoms. The maximum Gasteiger partial charge on any atom is 0.491 e. The highest BCUT2D eigenvalue weighted by molar-refractivity contribution is 7.89. The van der Waals surface area contributed by atoms with Crippen molar-refractivity contribution in [3.8, 4) is 0 Å². The lowest BCUT2D eigenvalue weighted by Gasteiger charge is -2.23. The van der Waals surface area contributed by atoms with Crippen LogP contribution in [0.5, 0.6) is 0 Å². The molecule has 3 rings (SSSR count). The van der Waals surface area contributed by atoms with Crippen LogP contribution in [-0.2, 0) is 21.4 Å². The number of benzene rings is 1. The number of carbonyl (C=O) groups excluding carboxylic acids is 1. The SMILES string of the molecule is O=C(NCc1cc(B(O)O)c(F)cn1)[C@@H]1C[C@@H](F)CN1S(=O)(=O)c1ccc(F)cc1. The third kappa shape index (κ3) is 4.64. The molecule has 0 radical (unpaired) electrons. The maximum absolute atomic E-state index is 14.0. The summed E-state index contributed by atoms with van der Waals surface area (Å²) in [5.41, 5.74) is -0.366. The van der Waals surface area contributed by atoms with E-state index in [9.17, 15) is 26.4 Å². The molecule has 8 nitrogen and oxygen atoms in total. The first-order valence-corrected chi connectivity index (χ1v) is 10.2. The van der Waals surface area contributed by atoms with E-state index in [-0.39, 0.29) is 23.6 Å². The van der Waals surface area contributed by atoms with Crippen molar-refractivity contribution in [3.63, 3.8) is 0 Å². The van der Waals surface area contributed by atoms with Gasteiger partial charge < -0.3 is 15.4 Å². The summed E-state index contributed by atoms with van der Waals surface area (Å²) < 4.78 is 66.8. The second-order valence-electron chi connectivity index (χ2n) is 6.67. The third-order valence-electron chi connectivity index (χ3n) is 4.59. The summed E-state index contributed by atoms with van der Waals surface area (Å²) >= 11 is 0. The van der Waals surface area contributed by atoms with Gasteiger partial charge in [-0.3, -0.25) is 9.78 Å². The van der Waals surface area contributed by atoms with Crippen molar-refractivity contribution in [3.05, 3.63) is 53.9 Å². The molecule has 1 aliphatic heterocycles. The summed E-state index contributed by atoms with van der Waals surface area (Å²) in [5.74, 6) is -2.40. The number of nitrogens with one attached hydrogen (secondary N) is 1. The number of hydrogen-bond acceptors (Lipinski definition) is 6. The van der Waals surface area contributed by atoms with Gasteiger partial charge in [0, 0.05) is 18.4 Å². The molecule has 1 aromatic carbocycles. The molecule has 0 spiro atoms. The first-order valence-electron chi connectivity index (χ1n) is 8.79. The fourth-order valence-corrected chi connectivity index (χ4v) is 4.72. The molecule has 0 unspecified atom stereocenters. The van der Waals surface area contributed by atoms with Gasteiger partial charge in [-0.15, -0.1) is 0 Å². The van der Waals surface area contributed by atoms with Crippen LogP contribution in [0, 0.1) is 11.6 Å². The first kappa shape index (κ1) is 22.2. The number of pyridine rings is 1. The number of alkyl halides is 1. The summed E-state index contributed by atoms with van der Waals surface area (Å²) in [5, 5.41) is 20.6. The second kappa shape index (κ2) is 8.72. The lowest BCUT2D eigenvalue weighted by molar-refractivity contribution is -0.124. The van der Waals surface area contributed by atoms with Crippen molar-refractivity contribution in [1.82, 2.24) is 14.6 Å². The van der Waals surface area contributed by atoms with E-state index in [4.69, 9.17) is 10.0 Å². The molecule has 0 saturated carbocycles. The fraction of sp³-hybridized carbons (Fsp3) is 0.294. The summed E-state index contributed by atoms with van der Waals surface area (Å²) in [6.07, 6.45) is -1.20. The van der Waals surface area contributed by atoms with Gasteiger partial charge in [-0.2, -0.15) is 4.31 Å². The number of rotatable bonds is 6. The number of halogens is 3. The van der Waals surface area contributed by atoms with Crippen LogP contribution >= 0.6 is 0 Å². The Morgan fingerprint density at radius 2 is 1.93 bits per heavy atom. The maximum atomic E-state index is 14.0. The number of hydrogen-bond donors (Lipinski definition) is 3. The lowest BCUT2D eigenvalue weighted by atomic mass is 9.80. The molecular weight excluding hydrogens is 426 g/mol. The van der Waals surface area contributed by atoms with Crippen LogP contribution in [0.4, 0.5) is 13.2 Å². The molecule has 1 fully saturated rings. The Labute approximate surface area is 170 Å². The third-order valence-corrected chi connectivity index (χ3v) is 6.48. The zero-order chi connectivity index (χ0) is 22.1. The van der Waals surface area contributed by atoms with Gasteiger partial charge in [-0.1, -0.05) is 0 Å². The van der Waals surface area contributed by atoms with E-state index < -0.39 is 58.9 Å². The van der Waals surface area contributed by atoms with Crippen molar-refractivity contribution in [2.24, 2.45) is 0 Å². The molecule has 2 aromatic rings. The molecule has 1 amide bonds. The Balaban J connectivity index is 1.76. The van der Waals surface area contributed by atoms with Gasteiger partial charge in [0.25, 0.3) is 0 Å². The summed E-state index contributed by atoms with van der Waals surface area (Å²) in [6.45, 7) is -0.815. The first-order chi connectivity index (χ1) is 14.1. The van der Waals surface area contributed by atoms with Gasteiger partial charge in [0.1, 0.15) is 23.8 Å². The Hall–Kier alpha value is -2.48. The van der Waals surface area contributed by atoms with Crippen LogP contribution in [-0.4, -0.2) is 59.5 Å². The van der Waals surface area contributed by atoms with Gasteiger partial charge in [-0.05, 0) is 30.3 Å². The van der Waals surface area contributed by atoms with Gasteiger partial charge in [0.05, 0.1) is 23.3 Å². The number of aromatic nitrogens is 1. The highest BCUT2D eigenvalue weighted by Crippen LogP contribution is 2.28. The van der Waals surface area contributed by atoms with E-state index in [1.807, 2.05) is 0 Å². The molecule has 30 heavy (non-hydrogen) atoms.